The van der Waals surface area contributed by atoms with Crippen LogP contribution in [0.5, 0.6) is 5.88 Å². The van der Waals surface area contributed by atoms with E-state index >= 15 is 0 Å². The molecule has 0 amide bonds. The van der Waals surface area contributed by atoms with E-state index < -0.39 is 5.97 Å². The highest BCUT2D eigenvalue weighted by Crippen LogP contribution is 2.28. The van der Waals surface area contributed by atoms with Crippen LogP contribution in [-0.2, 0) is 6.54 Å². The van der Waals surface area contributed by atoms with Gasteiger partial charge in [0.1, 0.15) is 11.0 Å². The lowest BCUT2D eigenvalue weighted by Crippen LogP contribution is -2.20. The van der Waals surface area contributed by atoms with E-state index in [0.717, 1.165) is 12.8 Å². The summed E-state index contributed by atoms with van der Waals surface area (Å²) < 4.78 is 2.91. The fourth-order valence-corrected chi connectivity index (χ4v) is 2.89. The molecule has 0 aliphatic rings. The first kappa shape index (κ1) is 16.9. The zero-order valence-corrected chi connectivity index (χ0v) is 14.3. The second-order valence-electron chi connectivity index (χ2n) is 6.78. The van der Waals surface area contributed by atoms with Crippen LogP contribution in [0.25, 0.3) is 17.0 Å². The van der Waals surface area contributed by atoms with Gasteiger partial charge in [0.2, 0.25) is 5.88 Å². The maximum atomic E-state index is 11.0. The SMILES string of the molecule is CCCC(C)(C)Cn1ncc2nc(-n3cc(C(=O)O)cn3)nc(O)c21. The number of aromatic carboxylic acids is 1. The maximum absolute atomic E-state index is 11.0. The van der Waals surface area contributed by atoms with Crippen LogP contribution in [0.1, 0.15) is 44.0 Å². The van der Waals surface area contributed by atoms with Gasteiger partial charge in [0.05, 0.1) is 18.0 Å². The molecule has 0 saturated carbocycles. The van der Waals surface area contributed by atoms with E-state index in [1.165, 1.54) is 17.1 Å². The van der Waals surface area contributed by atoms with Crippen molar-refractivity contribution in [3.8, 4) is 11.8 Å². The fourth-order valence-electron chi connectivity index (χ4n) is 2.89. The molecule has 0 unspecified atom stereocenters. The van der Waals surface area contributed by atoms with Gasteiger partial charge in [-0.25, -0.2) is 14.5 Å². The maximum Gasteiger partial charge on any atom is 0.338 e. The Hall–Kier alpha value is -2.97. The third kappa shape index (κ3) is 3.30. The van der Waals surface area contributed by atoms with Crippen molar-refractivity contribution in [2.75, 3.05) is 0 Å². The molecule has 0 aliphatic heterocycles. The van der Waals surface area contributed by atoms with Gasteiger partial charge in [-0.3, -0.25) is 4.68 Å². The van der Waals surface area contributed by atoms with E-state index in [1.54, 1.807) is 10.9 Å². The van der Waals surface area contributed by atoms with Crippen LogP contribution >= 0.6 is 0 Å². The summed E-state index contributed by atoms with van der Waals surface area (Å²) in [4.78, 5) is 19.3. The van der Waals surface area contributed by atoms with Crippen molar-refractivity contribution in [3.05, 3.63) is 24.2 Å². The fraction of sp³-hybridized carbons (Fsp3) is 0.438. The number of aromatic hydroxyl groups is 1. The van der Waals surface area contributed by atoms with Crippen LogP contribution in [0, 0.1) is 5.41 Å². The largest absolute Gasteiger partial charge is 0.492 e. The molecular formula is C16H20N6O3. The van der Waals surface area contributed by atoms with Crippen LogP contribution in [0.15, 0.2) is 18.6 Å². The Morgan fingerprint density at radius 2 is 2.00 bits per heavy atom. The summed E-state index contributed by atoms with van der Waals surface area (Å²) in [6.07, 6.45) is 6.13. The number of nitrogens with zero attached hydrogens (tertiary/aromatic N) is 6. The number of rotatable bonds is 6. The number of hydrogen-bond acceptors (Lipinski definition) is 6. The zero-order valence-electron chi connectivity index (χ0n) is 14.3. The molecule has 3 aromatic rings. The predicted octanol–water partition coefficient (Wildman–Crippen LogP) is 2.24. The Balaban J connectivity index is 1.99. The molecule has 3 rings (SSSR count). The molecule has 2 N–H and O–H groups in total. The second kappa shape index (κ2) is 6.15. The van der Waals surface area contributed by atoms with Crippen LogP contribution in [0.2, 0.25) is 0 Å². The molecule has 9 nitrogen and oxygen atoms in total. The molecule has 0 radical (unpaired) electrons. The first-order valence-corrected chi connectivity index (χ1v) is 8.01. The summed E-state index contributed by atoms with van der Waals surface area (Å²) in [6, 6.07) is 0. The minimum atomic E-state index is -1.09. The van der Waals surface area contributed by atoms with E-state index in [1.807, 2.05) is 0 Å². The van der Waals surface area contributed by atoms with Crippen LogP contribution < -0.4 is 0 Å². The minimum absolute atomic E-state index is 0.0141. The van der Waals surface area contributed by atoms with Gasteiger partial charge in [-0.2, -0.15) is 15.2 Å². The second-order valence-corrected chi connectivity index (χ2v) is 6.78. The van der Waals surface area contributed by atoms with Crippen molar-refractivity contribution in [3.63, 3.8) is 0 Å². The van der Waals surface area contributed by atoms with E-state index in [4.69, 9.17) is 5.11 Å². The summed E-state index contributed by atoms with van der Waals surface area (Å²) in [5.41, 5.74) is 0.970. The molecule has 25 heavy (non-hydrogen) atoms. The van der Waals surface area contributed by atoms with Gasteiger partial charge in [-0.1, -0.05) is 27.2 Å². The van der Waals surface area contributed by atoms with Crippen molar-refractivity contribution in [1.29, 1.82) is 0 Å². The average Bonchev–Trinajstić information content (AvgIpc) is 3.14. The lowest BCUT2D eigenvalue weighted by atomic mass is 9.88. The molecule has 3 aromatic heterocycles. The molecule has 0 bridgehead atoms. The van der Waals surface area contributed by atoms with Gasteiger partial charge < -0.3 is 10.2 Å². The zero-order chi connectivity index (χ0) is 18.2. The van der Waals surface area contributed by atoms with Crippen LogP contribution in [0.4, 0.5) is 0 Å². The topological polar surface area (TPSA) is 119 Å². The summed E-state index contributed by atoms with van der Waals surface area (Å²) in [5.74, 6) is -1.22. The van der Waals surface area contributed by atoms with E-state index in [-0.39, 0.29) is 22.8 Å². The summed E-state index contributed by atoms with van der Waals surface area (Å²) in [5, 5.41) is 27.6. The summed E-state index contributed by atoms with van der Waals surface area (Å²) >= 11 is 0. The smallest absolute Gasteiger partial charge is 0.338 e. The molecule has 132 valence electrons. The molecule has 3 heterocycles. The van der Waals surface area contributed by atoms with Crippen molar-refractivity contribution in [2.45, 2.75) is 40.2 Å². The Kier molecular flexibility index (Phi) is 4.15. The average molecular weight is 344 g/mol. The summed E-state index contributed by atoms with van der Waals surface area (Å²) in [7, 11) is 0. The Bertz CT molecular complexity index is 927. The van der Waals surface area contributed by atoms with E-state index in [2.05, 4.69) is 40.9 Å². The Labute approximate surface area is 143 Å². The number of carbonyl (C=O) groups is 1. The van der Waals surface area contributed by atoms with Gasteiger partial charge in [0, 0.05) is 12.7 Å². The minimum Gasteiger partial charge on any atom is -0.492 e. The molecule has 0 aromatic carbocycles. The Morgan fingerprint density at radius 3 is 2.64 bits per heavy atom. The van der Waals surface area contributed by atoms with Crippen molar-refractivity contribution in [1.82, 2.24) is 29.5 Å². The van der Waals surface area contributed by atoms with E-state index in [9.17, 15) is 9.90 Å². The van der Waals surface area contributed by atoms with Gasteiger partial charge in [0.15, 0.2) is 0 Å². The van der Waals surface area contributed by atoms with Gasteiger partial charge in [-0.15, -0.1) is 0 Å². The predicted molar refractivity (Wildman–Crippen MR) is 89.8 cm³/mol. The number of hydrogen-bond donors (Lipinski definition) is 2. The quantitative estimate of drug-likeness (QED) is 0.703. The number of aromatic nitrogens is 6. The third-order valence-corrected chi connectivity index (χ3v) is 4.00. The highest BCUT2D eigenvalue weighted by molar-refractivity contribution is 5.87. The molecule has 0 saturated heterocycles. The standard InChI is InChI=1S/C16H20N6O3/c1-4-5-16(2,3)9-22-12-11(7-18-22)19-15(20-13(12)23)21-8-10(6-17-21)14(24)25/h6-8H,4-5,9H2,1-3H3,(H,24,25)(H,19,20,23). The Morgan fingerprint density at radius 1 is 1.24 bits per heavy atom. The van der Waals surface area contributed by atoms with Crippen LogP contribution in [0.3, 0.4) is 0 Å². The van der Waals surface area contributed by atoms with Crippen molar-refractivity contribution in [2.24, 2.45) is 5.41 Å². The highest BCUT2D eigenvalue weighted by Gasteiger charge is 2.22. The monoisotopic (exact) mass is 344 g/mol. The first-order valence-electron chi connectivity index (χ1n) is 8.01. The molecule has 0 aliphatic carbocycles. The highest BCUT2D eigenvalue weighted by atomic mass is 16.4. The first-order chi connectivity index (χ1) is 11.8. The normalized spacial score (nSPS) is 12.0. The number of fused-ring (bicyclic) bond motifs is 1. The molecule has 9 heteroatoms. The summed E-state index contributed by atoms with van der Waals surface area (Å²) in [6.45, 7) is 7.05. The number of carboxylic acid groups (broad SMARTS) is 1. The van der Waals surface area contributed by atoms with Crippen molar-refractivity contribution < 1.29 is 15.0 Å². The third-order valence-electron chi connectivity index (χ3n) is 4.00. The van der Waals surface area contributed by atoms with Crippen LogP contribution in [-0.4, -0.2) is 45.7 Å². The van der Waals surface area contributed by atoms with Gasteiger partial charge in [0.25, 0.3) is 5.95 Å². The molecule has 0 atom stereocenters. The molecular weight excluding hydrogens is 324 g/mol. The van der Waals surface area contributed by atoms with Gasteiger partial charge >= 0.3 is 5.97 Å². The molecule has 0 spiro atoms. The van der Waals surface area contributed by atoms with E-state index in [0.29, 0.717) is 17.6 Å². The lowest BCUT2D eigenvalue weighted by molar-refractivity contribution is 0.0697. The lowest BCUT2D eigenvalue weighted by Gasteiger charge is -2.24. The van der Waals surface area contributed by atoms with Crippen molar-refractivity contribution >= 4 is 17.0 Å². The molecule has 0 fully saturated rings. The number of carboxylic acids is 1. The van der Waals surface area contributed by atoms with Gasteiger partial charge in [-0.05, 0) is 11.8 Å².